The molecule has 3 aromatic heterocycles. The lowest BCUT2D eigenvalue weighted by atomic mass is 10.2. The molecule has 0 fully saturated rings. The van der Waals surface area contributed by atoms with Crippen molar-refractivity contribution in [1.82, 2.24) is 20.4 Å². The number of fused-ring (bicyclic) bond motifs is 1. The summed E-state index contributed by atoms with van der Waals surface area (Å²) in [6.07, 6.45) is 1.60. The molecule has 0 amide bonds. The van der Waals surface area contributed by atoms with E-state index in [2.05, 4.69) is 20.4 Å². The van der Waals surface area contributed by atoms with Gasteiger partial charge in [-0.2, -0.15) is 0 Å². The highest BCUT2D eigenvalue weighted by Gasteiger charge is 2.11. The fourth-order valence-electron chi connectivity index (χ4n) is 2.02. The average molecular weight is 290 g/mol. The molecular weight excluding hydrogens is 276 g/mol. The van der Waals surface area contributed by atoms with Crippen LogP contribution in [0.3, 0.4) is 0 Å². The summed E-state index contributed by atoms with van der Waals surface area (Å²) in [7, 11) is 0. The van der Waals surface area contributed by atoms with E-state index in [-0.39, 0.29) is 5.56 Å². The van der Waals surface area contributed by atoms with Crippen LogP contribution in [0.2, 0.25) is 0 Å². The predicted molar refractivity (Wildman–Crippen MR) is 76.8 cm³/mol. The molecule has 2 N–H and O–H groups in total. The first-order valence-electron chi connectivity index (χ1n) is 6.24. The van der Waals surface area contributed by atoms with E-state index in [9.17, 15) is 4.79 Å². The van der Waals surface area contributed by atoms with E-state index in [0.29, 0.717) is 24.3 Å². The van der Waals surface area contributed by atoms with Crippen molar-refractivity contribution in [2.45, 2.75) is 26.9 Å². The molecule has 0 radical (unpaired) electrons. The van der Waals surface area contributed by atoms with Crippen LogP contribution < -0.4 is 10.9 Å². The molecule has 0 bridgehead atoms. The van der Waals surface area contributed by atoms with Gasteiger partial charge in [-0.25, -0.2) is 4.98 Å². The van der Waals surface area contributed by atoms with Crippen molar-refractivity contribution in [3.8, 4) is 0 Å². The van der Waals surface area contributed by atoms with Gasteiger partial charge in [-0.15, -0.1) is 11.3 Å². The number of hydrogen-bond acceptors (Lipinski definition) is 6. The number of thiophene rings is 1. The van der Waals surface area contributed by atoms with Crippen LogP contribution in [0.5, 0.6) is 0 Å². The minimum atomic E-state index is -0.0756. The van der Waals surface area contributed by atoms with Crippen molar-refractivity contribution in [2.24, 2.45) is 0 Å². The molecule has 3 aromatic rings. The number of aryl methyl sites for hydroxylation is 2. The summed E-state index contributed by atoms with van der Waals surface area (Å²) in [5.41, 5.74) is 0.938. The molecule has 0 aliphatic rings. The summed E-state index contributed by atoms with van der Waals surface area (Å²) in [5.74, 6) is 1.37. The molecule has 0 aliphatic carbocycles. The summed E-state index contributed by atoms with van der Waals surface area (Å²) in [4.78, 5) is 21.3. The van der Waals surface area contributed by atoms with Crippen molar-refractivity contribution >= 4 is 21.6 Å². The highest BCUT2D eigenvalue weighted by Crippen LogP contribution is 2.25. The Bertz CT molecular complexity index is 789. The Kier molecular flexibility index (Phi) is 3.37. The second-order valence-corrected chi connectivity index (χ2v) is 5.76. The minimum absolute atomic E-state index is 0.0756. The van der Waals surface area contributed by atoms with Crippen LogP contribution in [0.25, 0.3) is 10.2 Å². The van der Waals surface area contributed by atoms with E-state index >= 15 is 0 Å². The van der Waals surface area contributed by atoms with Gasteiger partial charge in [0, 0.05) is 10.9 Å². The molecule has 0 atom stereocenters. The maximum atomic E-state index is 12.1. The monoisotopic (exact) mass is 290 g/mol. The smallest absolute Gasteiger partial charge is 0.259 e. The lowest BCUT2D eigenvalue weighted by Gasteiger charge is -2.02. The lowest BCUT2D eigenvalue weighted by molar-refractivity contribution is 0.372. The summed E-state index contributed by atoms with van der Waals surface area (Å²) in [5, 5.41) is 7.48. The lowest BCUT2D eigenvalue weighted by Crippen LogP contribution is -2.18. The van der Waals surface area contributed by atoms with Gasteiger partial charge in [0.25, 0.3) is 5.56 Å². The van der Waals surface area contributed by atoms with Crippen molar-refractivity contribution in [3.63, 3.8) is 0 Å². The van der Waals surface area contributed by atoms with Crippen molar-refractivity contribution in [3.05, 3.63) is 44.6 Å². The highest BCUT2D eigenvalue weighted by atomic mass is 32.1. The topological polar surface area (TPSA) is 83.8 Å². The maximum absolute atomic E-state index is 12.1. The van der Waals surface area contributed by atoms with Crippen molar-refractivity contribution < 1.29 is 4.52 Å². The molecule has 6 nitrogen and oxygen atoms in total. The summed E-state index contributed by atoms with van der Waals surface area (Å²) in [6.45, 7) is 4.97. The molecule has 0 aromatic carbocycles. The third-order valence-electron chi connectivity index (χ3n) is 3.17. The van der Waals surface area contributed by atoms with Gasteiger partial charge < -0.3 is 14.8 Å². The van der Waals surface area contributed by atoms with Crippen molar-refractivity contribution in [2.75, 3.05) is 0 Å². The molecular formula is C13H14N4O2S. The molecule has 7 heteroatoms. The van der Waals surface area contributed by atoms with Gasteiger partial charge in [-0.3, -0.25) is 4.79 Å². The van der Waals surface area contributed by atoms with Gasteiger partial charge in [0.1, 0.15) is 16.4 Å². The molecule has 104 valence electrons. The molecule has 3 heterocycles. The predicted octanol–water partition coefficient (Wildman–Crippen LogP) is 1.88. The zero-order chi connectivity index (χ0) is 14.1. The number of aromatic amines is 1. The standard InChI is InChI=1S/C13H14N4O2S/c1-7-8(2)20-13-11(7)12(18)16-10(17-13)6-14-5-9-3-4-15-19-9/h3-4,14H,5-6H2,1-2H3,(H,16,17,18). The number of hydrogen-bond donors (Lipinski definition) is 2. The number of H-pyrrole nitrogens is 1. The van der Waals surface area contributed by atoms with Crippen molar-refractivity contribution in [1.29, 1.82) is 0 Å². The number of aromatic nitrogens is 3. The first-order chi connectivity index (χ1) is 9.65. The van der Waals surface area contributed by atoms with Crippen LogP contribution in [0.4, 0.5) is 0 Å². The normalized spacial score (nSPS) is 11.3. The quantitative estimate of drug-likeness (QED) is 0.766. The van der Waals surface area contributed by atoms with Gasteiger partial charge in [-0.05, 0) is 19.4 Å². The molecule has 0 unspecified atom stereocenters. The van der Waals surface area contributed by atoms with E-state index < -0.39 is 0 Å². The van der Waals surface area contributed by atoms with Crippen LogP contribution in [0.15, 0.2) is 21.6 Å². The van der Waals surface area contributed by atoms with E-state index in [0.717, 1.165) is 21.0 Å². The Hall–Kier alpha value is -1.99. The molecule has 20 heavy (non-hydrogen) atoms. The fourth-order valence-corrected chi connectivity index (χ4v) is 3.07. The second kappa shape index (κ2) is 5.18. The van der Waals surface area contributed by atoms with Crippen LogP contribution in [0.1, 0.15) is 22.0 Å². The van der Waals surface area contributed by atoms with E-state index in [4.69, 9.17) is 4.52 Å². The average Bonchev–Trinajstić information content (AvgIpc) is 2.99. The summed E-state index contributed by atoms with van der Waals surface area (Å²) < 4.78 is 4.98. The van der Waals surface area contributed by atoms with E-state index in [1.54, 1.807) is 23.6 Å². The second-order valence-electron chi connectivity index (χ2n) is 4.56. The van der Waals surface area contributed by atoms with Crippen LogP contribution >= 0.6 is 11.3 Å². The fraction of sp³-hybridized carbons (Fsp3) is 0.308. The number of nitrogens with one attached hydrogen (secondary N) is 2. The molecule has 3 rings (SSSR count). The van der Waals surface area contributed by atoms with Gasteiger partial charge in [0.05, 0.1) is 24.7 Å². The summed E-state index contributed by atoms with van der Waals surface area (Å²) >= 11 is 1.55. The molecule has 0 saturated carbocycles. The Balaban J connectivity index is 1.80. The Morgan fingerprint density at radius 3 is 3.00 bits per heavy atom. The van der Waals surface area contributed by atoms with Crippen LogP contribution in [0, 0.1) is 13.8 Å². The number of nitrogens with zero attached hydrogens (tertiary/aromatic N) is 2. The van der Waals surface area contributed by atoms with Gasteiger partial charge in [0.2, 0.25) is 0 Å². The summed E-state index contributed by atoms with van der Waals surface area (Å²) in [6, 6.07) is 1.79. The largest absolute Gasteiger partial charge is 0.360 e. The third-order valence-corrected chi connectivity index (χ3v) is 4.27. The Morgan fingerprint density at radius 1 is 1.40 bits per heavy atom. The van der Waals surface area contributed by atoms with Gasteiger partial charge in [0.15, 0.2) is 0 Å². The Morgan fingerprint density at radius 2 is 2.25 bits per heavy atom. The number of rotatable bonds is 4. The SMILES string of the molecule is Cc1sc2nc(CNCc3ccno3)[nH]c(=O)c2c1C. The van der Waals surface area contributed by atoms with Gasteiger partial charge in [-0.1, -0.05) is 5.16 Å². The zero-order valence-corrected chi connectivity index (χ0v) is 12.0. The maximum Gasteiger partial charge on any atom is 0.259 e. The first kappa shape index (κ1) is 13.0. The Labute approximate surface area is 118 Å². The first-order valence-corrected chi connectivity index (χ1v) is 7.06. The van der Waals surface area contributed by atoms with E-state index in [1.165, 1.54) is 0 Å². The minimum Gasteiger partial charge on any atom is -0.360 e. The zero-order valence-electron chi connectivity index (χ0n) is 11.2. The highest BCUT2D eigenvalue weighted by molar-refractivity contribution is 7.18. The van der Waals surface area contributed by atoms with Crippen LogP contribution in [-0.2, 0) is 13.1 Å². The van der Waals surface area contributed by atoms with E-state index in [1.807, 2.05) is 13.8 Å². The molecule has 0 spiro atoms. The van der Waals surface area contributed by atoms with Gasteiger partial charge >= 0.3 is 0 Å². The van der Waals surface area contributed by atoms with Crippen LogP contribution in [-0.4, -0.2) is 15.1 Å². The third kappa shape index (κ3) is 2.37. The molecule has 0 saturated heterocycles. The molecule has 0 aliphatic heterocycles.